The Balaban J connectivity index is 0.000000687. The third-order valence-electron chi connectivity index (χ3n) is 3.52. The molecule has 0 fully saturated rings. The summed E-state index contributed by atoms with van der Waals surface area (Å²) in [4.78, 5) is -0.375. The first-order valence-electron chi connectivity index (χ1n) is 7.50. The molecule has 0 heterocycles. The van der Waals surface area contributed by atoms with Gasteiger partial charge in [-0.15, -0.1) is 22.9 Å². The molecular formula is C16H13N3O8S2. The number of nitrogens with two attached hydrogens (primary N) is 1. The van der Waals surface area contributed by atoms with Gasteiger partial charge in [-0.05, 0) is 35.7 Å². The van der Waals surface area contributed by atoms with E-state index in [1.54, 1.807) is 18.2 Å². The molecule has 0 aliphatic rings. The highest BCUT2D eigenvalue weighted by Crippen LogP contribution is 2.40. The highest BCUT2D eigenvalue weighted by molar-refractivity contribution is 7.85. The fourth-order valence-electron chi connectivity index (χ4n) is 2.33. The van der Waals surface area contributed by atoms with Crippen LogP contribution in [0.2, 0.25) is 0 Å². The summed E-state index contributed by atoms with van der Waals surface area (Å²) in [5.41, 5.74) is 6.07. The van der Waals surface area contributed by atoms with Gasteiger partial charge in [0.05, 0.1) is 4.90 Å². The maximum Gasteiger partial charge on any atom is 0.425 e. The molecule has 11 nitrogen and oxygen atoms in total. The second-order valence-electron chi connectivity index (χ2n) is 5.41. The molecule has 0 unspecified atom stereocenters. The van der Waals surface area contributed by atoms with E-state index >= 15 is 0 Å². The van der Waals surface area contributed by atoms with E-state index in [9.17, 15) is 18.6 Å². The van der Waals surface area contributed by atoms with Crippen molar-refractivity contribution in [2.24, 2.45) is 10.2 Å². The fourth-order valence-corrected chi connectivity index (χ4v) is 2.88. The van der Waals surface area contributed by atoms with E-state index in [1.165, 1.54) is 24.3 Å². The molecule has 0 aromatic heterocycles. The van der Waals surface area contributed by atoms with Gasteiger partial charge < -0.3 is 15.9 Å². The molecule has 0 spiro atoms. The lowest BCUT2D eigenvalue weighted by Gasteiger charge is -2.08. The van der Waals surface area contributed by atoms with Crippen LogP contribution in [0.3, 0.4) is 0 Å². The van der Waals surface area contributed by atoms with Crippen molar-refractivity contribution in [1.82, 2.24) is 0 Å². The number of phenols is 2. The van der Waals surface area contributed by atoms with Crippen LogP contribution in [0.5, 0.6) is 11.5 Å². The quantitative estimate of drug-likeness (QED) is 0.269. The summed E-state index contributed by atoms with van der Waals surface area (Å²) in [6.07, 6.45) is 0. The zero-order chi connectivity index (χ0) is 21.8. The lowest BCUT2D eigenvalue weighted by Crippen LogP contribution is -2.00. The van der Waals surface area contributed by atoms with Crippen LogP contribution in [-0.2, 0) is 20.7 Å². The number of hydrogen-bond acceptors (Lipinski definition) is 10. The normalized spacial score (nSPS) is 11.2. The smallest absolute Gasteiger partial charge is 0.425 e. The topological polar surface area (TPSA) is 197 Å². The van der Waals surface area contributed by atoms with Gasteiger partial charge in [-0.3, -0.25) is 4.55 Å². The van der Waals surface area contributed by atoms with Crippen molar-refractivity contribution in [2.75, 3.05) is 5.73 Å². The molecule has 29 heavy (non-hydrogen) atoms. The molecule has 0 amide bonds. The van der Waals surface area contributed by atoms with Gasteiger partial charge in [0.2, 0.25) is 0 Å². The molecule has 3 aromatic carbocycles. The Hall–Kier alpha value is -3.55. The first kappa shape index (κ1) is 21.7. The van der Waals surface area contributed by atoms with Gasteiger partial charge in [0, 0.05) is 11.1 Å². The average Bonchev–Trinajstić information content (AvgIpc) is 2.61. The molecule has 3 rings (SSSR count). The van der Waals surface area contributed by atoms with Crippen molar-refractivity contribution in [3.63, 3.8) is 0 Å². The van der Waals surface area contributed by atoms with Gasteiger partial charge in [-0.2, -0.15) is 8.42 Å². The number of aromatic hydroxyl groups is 2. The van der Waals surface area contributed by atoms with E-state index in [-0.39, 0.29) is 38.8 Å². The van der Waals surface area contributed by atoms with E-state index in [1.807, 2.05) is 0 Å². The first-order valence-corrected chi connectivity index (χ1v) is 9.94. The van der Waals surface area contributed by atoms with Crippen LogP contribution in [0.1, 0.15) is 0 Å². The van der Waals surface area contributed by atoms with E-state index in [2.05, 4.69) is 10.2 Å². The summed E-state index contributed by atoms with van der Waals surface area (Å²) in [5, 5.41) is 28.3. The third kappa shape index (κ3) is 5.47. The van der Waals surface area contributed by atoms with Gasteiger partial charge in [-0.25, -0.2) is 0 Å². The molecular weight excluding hydrogens is 426 g/mol. The number of nitrogen functional groups attached to an aromatic ring is 1. The summed E-state index contributed by atoms with van der Waals surface area (Å²) < 4.78 is 57.0. The Morgan fingerprint density at radius 2 is 1.48 bits per heavy atom. The molecule has 0 aliphatic carbocycles. The molecule has 0 saturated carbocycles. The number of azo groups is 1. The fraction of sp³-hybridized carbons (Fsp3) is 0. The zero-order valence-corrected chi connectivity index (χ0v) is 15.9. The zero-order valence-electron chi connectivity index (χ0n) is 14.3. The van der Waals surface area contributed by atoms with E-state index < -0.39 is 20.7 Å². The highest BCUT2D eigenvalue weighted by atomic mass is 32.2. The van der Waals surface area contributed by atoms with Crippen molar-refractivity contribution in [3.05, 3.63) is 48.5 Å². The highest BCUT2D eigenvalue weighted by Gasteiger charge is 2.16. The van der Waals surface area contributed by atoms with Gasteiger partial charge >= 0.3 is 10.6 Å². The van der Waals surface area contributed by atoms with Gasteiger partial charge in [0.25, 0.3) is 10.1 Å². The Morgan fingerprint density at radius 3 is 2.07 bits per heavy atom. The molecule has 0 radical (unpaired) electrons. The summed E-state index contributed by atoms with van der Waals surface area (Å²) in [7, 11) is -7.53. The number of anilines is 1. The summed E-state index contributed by atoms with van der Waals surface area (Å²) >= 11 is 0. The number of phenolic OH excluding ortho intramolecular Hbond substituents is 2. The first-order chi connectivity index (χ1) is 13.5. The third-order valence-corrected chi connectivity index (χ3v) is 4.35. The van der Waals surface area contributed by atoms with Crippen molar-refractivity contribution in [3.8, 4) is 11.5 Å². The van der Waals surface area contributed by atoms with Crippen molar-refractivity contribution in [2.45, 2.75) is 4.90 Å². The number of benzene rings is 3. The predicted molar refractivity (Wildman–Crippen MR) is 102 cm³/mol. The number of hydrogen-bond donors (Lipinski definition) is 4. The van der Waals surface area contributed by atoms with Crippen LogP contribution in [-0.4, -0.2) is 35.8 Å². The van der Waals surface area contributed by atoms with Crippen molar-refractivity contribution >= 4 is 48.6 Å². The average molecular weight is 439 g/mol. The number of rotatable bonds is 3. The minimum Gasteiger partial charge on any atom is -0.506 e. The second-order valence-corrected chi connectivity index (χ2v) is 7.24. The van der Waals surface area contributed by atoms with Gasteiger partial charge in [0.1, 0.15) is 17.1 Å². The molecule has 152 valence electrons. The van der Waals surface area contributed by atoms with Crippen LogP contribution in [0.15, 0.2) is 63.7 Å². The second kappa shape index (κ2) is 8.64. The number of fused-ring (bicyclic) bond motifs is 1. The SMILES string of the molecule is Nc1cc(S(=O)(=O)O)cc2ccc(N=Nc3ccccc3O)c(O)c12.O=S(=O)=O. The molecule has 0 atom stereocenters. The number of para-hydroxylation sites is 1. The number of nitrogens with zero attached hydrogens (tertiary/aromatic N) is 2. The Morgan fingerprint density at radius 1 is 0.897 bits per heavy atom. The van der Waals surface area contributed by atoms with E-state index in [4.69, 9.17) is 22.9 Å². The molecule has 5 N–H and O–H groups in total. The van der Waals surface area contributed by atoms with E-state index in [0.717, 1.165) is 6.07 Å². The standard InChI is InChI=1S/C16H13N3O5S.O3S/c17-11-8-10(25(22,23)24)7-9-5-6-13(16(21)15(9)11)19-18-12-3-1-2-4-14(12)20;1-4(2)3/h1-8,20-21H,17H2,(H,22,23,24);. The largest absolute Gasteiger partial charge is 0.506 e. The lowest BCUT2D eigenvalue weighted by molar-refractivity contribution is 0.475. The van der Waals surface area contributed by atoms with E-state index in [0.29, 0.717) is 5.39 Å². The Kier molecular flexibility index (Phi) is 6.48. The monoisotopic (exact) mass is 439 g/mol. The van der Waals surface area contributed by atoms with Crippen LogP contribution in [0, 0.1) is 0 Å². The summed E-state index contributed by atoms with van der Waals surface area (Å²) in [5.74, 6) is -0.361. The maximum absolute atomic E-state index is 11.3. The predicted octanol–water partition coefficient (Wildman–Crippen LogP) is 2.49. The Bertz CT molecular complexity index is 1310. The van der Waals surface area contributed by atoms with Crippen LogP contribution >= 0.6 is 0 Å². The molecule has 0 saturated heterocycles. The maximum atomic E-state index is 11.3. The van der Waals surface area contributed by atoms with Gasteiger partial charge in [-0.1, -0.05) is 18.2 Å². The lowest BCUT2D eigenvalue weighted by atomic mass is 10.1. The molecule has 3 aromatic rings. The molecule has 0 bridgehead atoms. The minimum absolute atomic E-state index is 0.0396. The molecule has 0 aliphatic heterocycles. The summed E-state index contributed by atoms with van der Waals surface area (Å²) in [6, 6.07) is 11.4. The summed E-state index contributed by atoms with van der Waals surface area (Å²) in [6.45, 7) is 0. The minimum atomic E-state index is -4.42. The van der Waals surface area contributed by atoms with Gasteiger partial charge in [0.15, 0.2) is 5.75 Å². The molecule has 13 heteroatoms. The van der Waals surface area contributed by atoms with Crippen LogP contribution in [0.25, 0.3) is 10.8 Å². The van der Waals surface area contributed by atoms with Crippen molar-refractivity contribution in [1.29, 1.82) is 0 Å². The van der Waals surface area contributed by atoms with Crippen LogP contribution in [0.4, 0.5) is 17.1 Å². The Labute approximate surface area is 165 Å². The van der Waals surface area contributed by atoms with Crippen molar-refractivity contribution < 1.29 is 35.8 Å². The van der Waals surface area contributed by atoms with Crippen LogP contribution < -0.4 is 5.73 Å².